The number of hydrogen-bond acceptors (Lipinski definition) is 5. The van der Waals surface area contributed by atoms with Crippen molar-refractivity contribution in [3.63, 3.8) is 0 Å². The molecule has 0 bridgehead atoms. The van der Waals surface area contributed by atoms with Crippen LogP contribution >= 0.6 is 0 Å². The molecule has 1 aliphatic heterocycles. The second-order valence-electron chi connectivity index (χ2n) is 9.40. The summed E-state index contributed by atoms with van der Waals surface area (Å²) in [5.74, 6) is 1.15. The monoisotopic (exact) mass is 440 g/mol. The number of likely N-dealkylation sites (N-methyl/N-ethyl adjacent to an activating group) is 1. The zero-order valence-corrected chi connectivity index (χ0v) is 19.8. The predicted octanol–water partition coefficient (Wildman–Crippen LogP) is 3.67. The number of para-hydroxylation sites is 2. The molecule has 32 heavy (non-hydrogen) atoms. The van der Waals surface area contributed by atoms with Gasteiger partial charge in [-0.15, -0.1) is 0 Å². The van der Waals surface area contributed by atoms with Crippen molar-refractivity contribution in [1.82, 2.24) is 9.80 Å². The van der Waals surface area contributed by atoms with Gasteiger partial charge >= 0.3 is 0 Å². The second-order valence-corrected chi connectivity index (χ2v) is 9.40. The standard InChI is InChI=1S/C25H36N4O3/c1-18-9-13-25(17-26,14-10-18)28(3)24(31)19(2)29-15-11-20(12-16-29)23(30)27-21-7-5-6-8-22(21)32-4/h5-8,18-20H,9-16H2,1-4H3,(H,27,30). The molecule has 1 atom stereocenters. The van der Waals surface area contributed by atoms with Gasteiger partial charge in [0.25, 0.3) is 0 Å². The molecule has 1 unspecified atom stereocenters. The van der Waals surface area contributed by atoms with E-state index in [1.54, 1.807) is 19.1 Å². The summed E-state index contributed by atoms with van der Waals surface area (Å²) < 4.78 is 5.32. The van der Waals surface area contributed by atoms with E-state index in [2.05, 4.69) is 23.2 Å². The maximum absolute atomic E-state index is 13.3. The molecule has 1 N–H and O–H groups in total. The highest BCUT2D eigenvalue weighted by molar-refractivity contribution is 5.94. The Morgan fingerprint density at radius 3 is 2.44 bits per heavy atom. The van der Waals surface area contributed by atoms with Crippen molar-refractivity contribution in [3.05, 3.63) is 24.3 Å². The van der Waals surface area contributed by atoms with Crippen molar-refractivity contribution < 1.29 is 14.3 Å². The summed E-state index contributed by atoms with van der Waals surface area (Å²) >= 11 is 0. The van der Waals surface area contributed by atoms with Gasteiger partial charge in [0.05, 0.1) is 24.9 Å². The first-order chi connectivity index (χ1) is 15.3. The van der Waals surface area contributed by atoms with Crippen LogP contribution in [0.4, 0.5) is 5.69 Å². The molecule has 1 heterocycles. The molecule has 1 saturated heterocycles. The minimum absolute atomic E-state index is 0.00183. The summed E-state index contributed by atoms with van der Waals surface area (Å²) in [4.78, 5) is 29.9. The third-order valence-corrected chi connectivity index (χ3v) is 7.45. The first-order valence-corrected chi connectivity index (χ1v) is 11.7. The van der Waals surface area contributed by atoms with E-state index in [1.165, 1.54) is 0 Å². The van der Waals surface area contributed by atoms with Crippen LogP contribution in [0.3, 0.4) is 0 Å². The van der Waals surface area contributed by atoms with Crippen LogP contribution in [0, 0.1) is 23.2 Å². The summed E-state index contributed by atoms with van der Waals surface area (Å²) in [5, 5.41) is 12.9. The van der Waals surface area contributed by atoms with Crippen molar-refractivity contribution in [3.8, 4) is 11.8 Å². The van der Waals surface area contributed by atoms with E-state index in [9.17, 15) is 14.9 Å². The van der Waals surface area contributed by atoms with Gasteiger partial charge in [0.1, 0.15) is 11.3 Å². The fraction of sp³-hybridized carbons (Fsp3) is 0.640. The summed E-state index contributed by atoms with van der Waals surface area (Å²) in [6, 6.07) is 9.54. The number of ether oxygens (including phenoxy) is 1. The smallest absolute Gasteiger partial charge is 0.240 e. The first kappa shape index (κ1) is 24.1. The number of methoxy groups -OCH3 is 1. The topological polar surface area (TPSA) is 85.7 Å². The number of carbonyl (C=O) groups excluding carboxylic acids is 2. The lowest BCUT2D eigenvalue weighted by atomic mass is 9.77. The molecule has 1 saturated carbocycles. The van der Waals surface area contributed by atoms with Crippen molar-refractivity contribution in [2.24, 2.45) is 11.8 Å². The molecular formula is C25H36N4O3. The molecule has 2 aliphatic rings. The van der Waals surface area contributed by atoms with Crippen LogP contribution in [0.25, 0.3) is 0 Å². The number of anilines is 1. The highest BCUT2D eigenvalue weighted by Gasteiger charge is 2.42. The summed E-state index contributed by atoms with van der Waals surface area (Å²) in [6.07, 6.45) is 4.83. The fourth-order valence-electron chi connectivity index (χ4n) is 4.94. The van der Waals surface area contributed by atoms with Crippen LogP contribution in [0.5, 0.6) is 5.75 Å². The third kappa shape index (κ3) is 5.07. The largest absolute Gasteiger partial charge is 0.495 e. The molecule has 3 rings (SSSR count). The number of nitrogens with zero attached hydrogens (tertiary/aromatic N) is 3. The van der Waals surface area contributed by atoms with Crippen LogP contribution in [-0.4, -0.2) is 60.4 Å². The van der Waals surface area contributed by atoms with E-state index < -0.39 is 5.54 Å². The number of amides is 2. The van der Waals surface area contributed by atoms with E-state index in [0.29, 0.717) is 43.3 Å². The molecule has 0 aromatic heterocycles. The summed E-state index contributed by atoms with van der Waals surface area (Å²) in [7, 11) is 3.37. The molecular weight excluding hydrogens is 404 g/mol. The maximum Gasteiger partial charge on any atom is 0.240 e. The lowest BCUT2D eigenvalue weighted by molar-refractivity contribution is -0.141. The van der Waals surface area contributed by atoms with Gasteiger partial charge in [0.2, 0.25) is 11.8 Å². The van der Waals surface area contributed by atoms with E-state index in [-0.39, 0.29) is 23.8 Å². The van der Waals surface area contributed by atoms with Crippen LogP contribution in [0.15, 0.2) is 24.3 Å². The molecule has 1 aromatic rings. The molecule has 1 aromatic carbocycles. The van der Waals surface area contributed by atoms with E-state index in [0.717, 1.165) is 25.7 Å². The molecule has 0 radical (unpaired) electrons. The van der Waals surface area contributed by atoms with Crippen LogP contribution in [-0.2, 0) is 9.59 Å². The number of nitrogens with one attached hydrogen (secondary N) is 1. The van der Waals surface area contributed by atoms with E-state index in [1.807, 2.05) is 31.2 Å². The SMILES string of the molecule is COc1ccccc1NC(=O)C1CCN(C(C)C(=O)N(C)C2(C#N)CCC(C)CC2)CC1. The number of carbonyl (C=O) groups is 2. The molecule has 1 aliphatic carbocycles. The van der Waals surface area contributed by atoms with Gasteiger partial charge < -0.3 is 15.0 Å². The van der Waals surface area contributed by atoms with Crippen molar-refractivity contribution in [1.29, 1.82) is 5.26 Å². The summed E-state index contributed by atoms with van der Waals surface area (Å²) in [5.41, 5.74) is -0.0126. The van der Waals surface area contributed by atoms with Gasteiger partial charge in [-0.2, -0.15) is 5.26 Å². The summed E-state index contributed by atoms with van der Waals surface area (Å²) in [6.45, 7) is 5.49. The predicted molar refractivity (Wildman–Crippen MR) is 124 cm³/mol. The number of hydrogen-bond donors (Lipinski definition) is 1. The average Bonchev–Trinajstić information content (AvgIpc) is 2.83. The Balaban J connectivity index is 1.55. The van der Waals surface area contributed by atoms with Gasteiger partial charge in [-0.25, -0.2) is 0 Å². The van der Waals surface area contributed by atoms with Crippen molar-refractivity contribution >= 4 is 17.5 Å². The first-order valence-electron chi connectivity index (χ1n) is 11.7. The Morgan fingerprint density at radius 1 is 1.22 bits per heavy atom. The molecule has 174 valence electrons. The quantitative estimate of drug-likeness (QED) is 0.730. The van der Waals surface area contributed by atoms with Gasteiger partial charge in [-0.3, -0.25) is 14.5 Å². The Bertz CT molecular complexity index is 849. The molecule has 2 amide bonds. The zero-order valence-electron chi connectivity index (χ0n) is 19.8. The molecule has 0 spiro atoms. The van der Waals surface area contributed by atoms with E-state index in [4.69, 9.17) is 4.74 Å². The Morgan fingerprint density at radius 2 is 1.84 bits per heavy atom. The molecule has 7 heteroatoms. The highest BCUT2D eigenvalue weighted by Crippen LogP contribution is 2.36. The minimum Gasteiger partial charge on any atom is -0.495 e. The third-order valence-electron chi connectivity index (χ3n) is 7.45. The molecule has 7 nitrogen and oxygen atoms in total. The van der Waals surface area contributed by atoms with Crippen molar-refractivity contribution in [2.75, 3.05) is 32.6 Å². The van der Waals surface area contributed by atoms with Crippen LogP contribution in [0.2, 0.25) is 0 Å². The van der Waals surface area contributed by atoms with Crippen LogP contribution in [0.1, 0.15) is 52.4 Å². The number of nitriles is 1. The van der Waals surface area contributed by atoms with Gasteiger partial charge in [0, 0.05) is 13.0 Å². The maximum atomic E-state index is 13.3. The normalized spacial score (nSPS) is 25.4. The minimum atomic E-state index is -0.690. The van der Waals surface area contributed by atoms with Gasteiger partial charge in [-0.05, 0) is 76.6 Å². The molecule has 2 fully saturated rings. The number of benzene rings is 1. The second kappa shape index (κ2) is 10.4. The zero-order chi connectivity index (χ0) is 23.3. The van der Waals surface area contributed by atoms with Gasteiger partial charge in [-0.1, -0.05) is 19.1 Å². The highest BCUT2D eigenvalue weighted by atomic mass is 16.5. The Kier molecular flexibility index (Phi) is 7.78. The lowest BCUT2D eigenvalue weighted by Crippen LogP contribution is -2.57. The number of rotatable bonds is 6. The Labute approximate surface area is 191 Å². The Hall–Kier alpha value is -2.59. The van der Waals surface area contributed by atoms with E-state index >= 15 is 0 Å². The fourth-order valence-corrected chi connectivity index (χ4v) is 4.94. The average molecular weight is 441 g/mol. The van der Waals surface area contributed by atoms with Gasteiger partial charge in [0.15, 0.2) is 0 Å². The lowest BCUT2D eigenvalue weighted by Gasteiger charge is -2.43. The number of likely N-dealkylation sites (tertiary alicyclic amines) is 1. The van der Waals surface area contributed by atoms with Crippen molar-refractivity contribution in [2.45, 2.75) is 64.0 Å². The number of piperidine rings is 1. The van der Waals surface area contributed by atoms with Crippen LogP contribution < -0.4 is 10.1 Å².